The van der Waals surface area contributed by atoms with Gasteiger partial charge in [-0.25, -0.2) is 4.39 Å². The van der Waals surface area contributed by atoms with E-state index in [2.05, 4.69) is 0 Å². The molecule has 0 bridgehead atoms. The molecule has 2 aliphatic rings. The molecule has 3 unspecified atom stereocenters. The molecule has 6 heteroatoms. The number of likely N-dealkylation sites (N-methyl/N-ethyl adjacent to an activating group) is 1. The second-order valence-electron chi connectivity index (χ2n) is 10.0. The molecule has 0 radical (unpaired) electrons. The van der Waals surface area contributed by atoms with Gasteiger partial charge in [-0.3, -0.25) is 14.5 Å². The molecular formula is C32H26ClFN2O2. The number of nitrogens with zero attached hydrogens (tertiary/aromatic N) is 2. The van der Waals surface area contributed by atoms with Crippen LogP contribution < -0.4 is 4.90 Å². The minimum atomic E-state index is -1.22. The highest BCUT2D eigenvalue weighted by Crippen LogP contribution is 2.57. The predicted octanol–water partition coefficient (Wildman–Crippen LogP) is 6.45. The van der Waals surface area contributed by atoms with E-state index in [-0.39, 0.29) is 23.4 Å². The van der Waals surface area contributed by atoms with Gasteiger partial charge in [0.05, 0.1) is 12.5 Å². The van der Waals surface area contributed by atoms with Crippen LogP contribution >= 0.6 is 11.6 Å². The van der Waals surface area contributed by atoms with Gasteiger partial charge in [0, 0.05) is 34.3 Å². The molecule has 0 aromatic heterocycles. The van der Waals surface area contributed by atoms with Crippen LogP contribution in [-0.2, 0) is 16.9 Å². The number of anilines is 1. The maximum Gasteiger partial charge on any atom is 0.253 e. The fourth-order valence-electron chi connectivity index (χ4n) is 6.32. The summed E-state index contributed by atoms with van der Waals surface area (Å²) in [6.45, 7) is 0.757. The van der Waals surface area contributed by atoms with E-state index >= 15 is 0 Å². The number of rotatable bonds is 5. The first-order chi connectivity index (χ1) is 18.4. The second kappa shape index (κ2) is 9.50. The molecule has 0 N–H and O–H groups in total. The van der Waals surface area contributed by atoms with Crippen LogP contribution in [0, 0.1) is 11.7 Å². The van der Waals surface area contributed by atoms with Gasteiger partial charge in [0.2, 0.25) is 0 Å². The highest BCUT2D eigenvalue weighted by atomic mass is 35.5. The van der Waals surface area contributed by atoms with Gasteiger partial charge in [0.1, 0.15) is 11.4 Å². The number of fused-ring (bicyclic) bond motifs is 2. The molecule has 38 heavy (non-hydrogen) atoms. The molecule has 2 aliphatic heterocycles. The Morgan fingerprint density at radius 1 is 0.921 bits per heavy atom. The summed E-state index contributed by atoms with van der Waals surface area (Å²) in [5.74, 6) is -1.63. The highest BCUT2D eigenvalue weighted by Gasteiger charge is 2.66. The molecular weight excluding hydrogens is 499 g/mol. The number of hydrogen-bond donors (Lipinski definition) is 0. The van der Waals surface area contributed by atoms with Crippen molar-refractivity contribution in [2.24, 2.45) is 5.92 Å². The maximum atomic E-state index is 14.7. The molecule has 3 atom stereocenters. The lowest BCUT2D eigenvalue weighted by Gasteiger charge is -2.36. The third kappa shape index (κ3) is 3.69. The van der Waals surface area contributed by atoms with Crippen molar-refractivity contribution in [2.45, 2.75) is 18.0 Å². The molecule has 1 spiro atoms. The summed E-state index contributed by atoms with van der Waals surface area (Å²) in [7, 11) is 1.91. The van der Waals surface area contributed by atoms with Crippen molar-refractivity contribution in [3.63, 3.8) is 0 Å². The van der Waals surface area contributed by atoms with Crippen molar-refractivity contribution in [2.75, 3.05) is 18.5 Å². The zero-order valence-corrected chi connectivity index (χ0v) is 21.6. The quantitative estimate of drug-likeness (QED) is 0.282. The van der Waals surface area contributed by atoms with E-state index < -0.39 is 11.5 Å². The van der Waals surface area contributed by atoms with Crippen LogP contribution in [0.5, 0.6) is 0 Å². The Morgan fingerprint density at radius 3 is 2.32 bits per heavy atom. The van der Waals surface area contributed by atoms with E-state index in [1.54, 1.807) is 29.2 Å². The zero-order valence-electron chi connectivity index (χ0n) is 20.9. The molecule has 4 nitrogen and oxygen atoms in total. The monoisotopic (exact) mass is 524 g/mol. The Labute approximate surface area is 226 Å². The molecule has 0 saturated carbocycles. The Bertz CT molecular complexity index is 1520. The fourth-order valence-corrected chi connectivity index (χ4v) is 6.52. The van der Waals surface area contributed by atoms with Gasteiger partial charge in [0.25, 0.3) is 5.91 Å². The largest absolute Gasteiger partial charge is 0.306 e. The van der Waals surface area contributed by atoms with Crippen LogP contribution in [0.25, 0.3) is 0 Å². The van der Waals surface area contributed by atoms with E-state index in [1.807, 2.05) is 78.7 Å². The average Bonchev–Trinajstić information content (AvgIpc) is 3.38. The van der Waals surface area contributed by atoms with Crippen LogP contribution in [0.4, 0.5) is 10.1 Å². The lowest BCUT2D eigenvalue weighted by atomic mass is 9.70. The van der Waals surface area contributed by atoms with E-state index in [4.69, 9.17) is 11.6 Å². The molecule has 4 aromatic rings. The van der Waals surface area contributed by atoms with Crippen molar-refractivity contribution in [3.05, 3.63) is 136 Å². The first-order valence-electron chi connectivity index (χ1n) is 12.6. The molecule has 190 valence electrons. The van der Waals surface area contributed by atoms with Crippen molar-refractivity contribution in [3.8, 4) is 0 Å². The third-order valence-electron chi connectivity index (χ3n) is 8.03. The zero-order chi connectivity index (χ0) is 26.4. The number of carbonyl (C=O) groups is 2. The van der Waals surface area contributed by atoms with Crippen LogP contribution in [0.15, 0.2) is 103 Å². The van der Waals surface area contributed by atoms with E-state index in [9.17, 15) is 14.0 Å². The Hall–Kier alpha value is -3.80. The summed E-state index contributed by atoms with van der Waals surface area (Å²) in [5, 5.41) is 0.583. The topological polar surface area (TPSA) is 40.6 Å². The number of para-hydroxylation sites is 1. The van der Waals surface area contributed by atoms with Crippen molar-refractivity contribution in [1.82, 2.24) is 4.90 Å². The van der Waals surface area contributed by atoms with Gasteiger partial charge in [-0.2, -0.15) is 0 Å². The number of likely N-dealkylation sites (tertiary alicyclic amines) is 1. The van der Waals surface area contributed by atoms with Crippen LogP contribution in [0.2, 0.25) is 5.02 Å². The normalized spacial score (nSPS) is 22.7. The minimum absolute atomic E-state index is 0.105. The van der Waals surface area contributed by atoms with Crippen molar-refractivity contribution in [1.29, 1.82) is 0 Å². The average molecular weight is 525 g/mol. The van der Waals surface area contributed by atoms with E-state index in [0.717, 1.165) is 22.4 Å². The highest BCUT2D eigenvalue weighted by molar-refractivity contribution is 6.31. The fraction of sp³-hybridized carbons (Fsp3) is 0.188. The molecule has 0 aliphatic carbocycles. The van der Waals surface area contributed by atoms with Crippen molar-refractivity contribution >= 4 is 29.0 Å². The van der Waals surface area contributed by atoms with Gasteiger partial charge in [-0.05, 0) is 42.4 Å². The summed E-state index contributed by atoms with van der Waals surface area (Å²) >= 11 is 6.50. The number of ketones is 1. The number of amides is 1. The Kier molecular flexibility index (Phi) is 6.13. The first-order valence-corrected chi connectivity index (χ1v) is 13.0. The lowest BCUT2D eigenvalue weighted by Crippen LogP contribution is -2.53. The second-order valence-corrected chi connectivity index (χ2v) is 10.4. The molecule has 1 fully saturated rings. The minimum Gasteiger partial charge on any atom is -0.306 e. The van der Waals surface area contributed by atoms with Gasteiger partial charge < -0.3 is 4.90 Å². The molecule has 1 saturated heterocycles. The third-order valence-corrected chi connectivity index (χ3v) is 8.40. The summed E-state index contributed by atoms with van der Waals surface area (Å²) in [6, 6.07) is 30.6. The summed E-state index contributed by atoms with van der Waals surface area (Å²) < 4.78 is 13.9. The smallest absolute Gasteiger partial charge is 0.253 e. The Balaban J connectivity index is 1.54. The van der Waals surface area contributed by atoms with E-state index in [1.165, 1.54) is 12.1 Å². The number of benzene rings is 4. The predicted molar refractivity (Wildman–Crippen MR) is 147 cm³/mol. The maximum absolute atomic E-state index is 14.7. The van der Waals surface area contributed by atoms with Crippen LogP contribution in [0.3, 0.4) is 0 Å². The number of Topliss-reactive ketones (excluding diaryl/α,β-unsaturated/α-hetero) is 1. The first kappa shape index (κ1) is 24.5. The summed E-state index contributed by atoms with van der Waals surface area (Å²) in [5.41, 5.74) is 2.57. The van der Waals surface area contributed by atoms with Gasteiger partial charge in [-0.1, -0.05) is 90.5 Å². The van der Waals surface area contributed by atoms with Gasteiger partial charge in [0.15, 0.2) is 5.78 Å². The van der Waals surface area contributed by atoms with Gasteiger partial charge in [-0.15, -0.1) is 0 Å². The lowest BCUT2D eigenvalue weighted by molar-refractivity contribution is -0.129. The molecule has 6 rings (SSSR count). The molecule has 2 heterocycles. The van der Waals surface area contributed by atoms with Crippen LogP contribution in [-0.4, -0.2) is 30.2 Å². The summed E-state index contributed by atoms with van der Waals surface area (Å²) in [6.07, 6.45) is 0. The van der Waals surface area contributed by atoms with Gasteiger partial charge >= 0.3 is 0 Å². The Morgan fingerprint density at radius 2 is 1.58 bits per heavy atom. The van der Waals surface area contributed by atoms with Crippen LogP contribution in [0.1, 0.15) is 33.0 Å². The SMILES string of the molecule is CN1CC(c2ccc(F)cc2)C(C(=O)c2ccccc2)C12C(=O)N(Cc1ccccc1Cl)c1ccccc12. The standard InChI is InChI=1S/C32H26ClFN2O2/c1-35-20-25(21-15-17-24(34)18-16-21)29(30(37)22-9-3-2-4-10-22)32(35)26-12-6-8-14-28(26)36(31(32)38)19-23-11-5-7-13-27(23)33/h2-18,25,29H,19-20H2,1H3. The molecule has 4 aromatic carbocycles. The number of halogens is 2. The van der Waals surface area contributed by atoms with E-state index in [0.29, 0.717) is 23.7 Å². The summed E-state index contributed by atoms with van der Waals surface area (Å²) in [4.78, 5) is 32.9. The number of carbonyl (C=O) groups excluding carboxylic acids is 2. The number of hydrogen-bond acceptors (Lipinski definition) is 3. The molecule has 1 amide bonds. The van der Waals surface area contributed by atoms with Crippen molar-refractivity contribution < 1.29 is 14.0 Å².